The molecule has 1 aliphatic carbocycles. The van der Waals surface area contributed by atoms with Crippen LogP contribution < -0.4 is 5.73 Å². The Kier molecular flexibility index (Phi) is 5.49. The number of hydrogen-bond acceptors (Lipinski definition) is 3. The van der Waals surface area contributed by atoms with Crippen molar-refractivity contribution in [3.05, 3.63) is 0 Å². The molecule has 3 atom stereocenters. The molecule has 118 valence electrons. The Morgan fingerprint density at radius 1 is 1.05 bits per heavy atom. The van der Waals surface area contributed by atoms with Crippen molar-refractivity contribution in [2.45, 2.75) is 65.0 Å². The SMILES string of the molecule is CCC1CCC(CN)C(N2CCN(C(C)(C)C)CC2)C1. The molecule has 1 aliphatic heterocycles. The van der Waals surface area contributed by atoms with Crippen LogP contribution in [0, 0.1) is 11.8 Å². The van der Waals surface area contributed by atoms with E-state index in [0.29, 0.717) is 5.54 Å². The van der Waals surface area contributed by atoms with Crippen molar-refractivity contribution in [1.29, 1.82) is 0 Å². The Hall–Kier alpha value is -0.120. The summed E-state index contributed by atoms with van der Waals surface area (Å²) in [5.41, 5.74) is 6.36. The maximum atomic E-state index is 6.05. The molecule has 3 unspecified atom stereocenters. The molecule has 2 fully saturated rings. The molecule has 0 aromatic carbocycles. The second-order valence-electron chi connectivity index (χ2n) is 7.84. The molecule has 2 aliphatic rings. The molecular formula is C17H35N3. The molecule has 0 aromatic rings. The van der Waals surface area contributed by atoms with Gasteiger partial charge in [-0.2, -0.15) is 0 Å². The van der Waals surface area contributed by atoms with Gasteiger partial charge in [-0.3, -0.25) is 9.80 Å². The van der Waals surface area contributed by atoms with Crippen LogP contribution in [0.3, 0.4) is 0 Å². The van der Waals surface area contributed by atoms with Crippen molar-refractivity contribution < 1.29 is 0 Å². The zero-order chi connectivity index (χ0) is 14.8. The van der Waals surface area contributed by atoms with Crippen molar-refractivity contribution in [2.24, 2.45) is 17.6 Å². The van der Waals surface area contributed by atoms with Crippen LogP contribution in [0.1, 0.15) is 53.4 Å². The van der Waals surface area contributed by atoms with E-state index in [1.54, 1.807) is 0 Å². The van der Waals surface area contributed by atoms with E-state index in [9.17, 15) is 0 Å². The third-order valence-electron chi connectivity index (χ3n) is 5.68. The average Bonchev–Trinajstić information content (AvgIpc) is 2.45. The molecule has 1 saturated heterocycles. The van der Waals surface area contributed by atoms with E-state index in [2.05, 4.69) is 37.5 Å². The molecule has 1 saturated carbocycles. The lowest BCUT2D eigenvalue weighted by Gasteiger charge is -2.48. The van der Waals surface area contributed by atoms with Crippen molar-refractivity contribution in [3.8, 4) is 0 Å². The molecule has 20 heavy (non-hydrogen) atoms. The maximum absolute atomic E-state index is 6.05. The number of nitrogens with two attached hydrogens (primary N) is 1. The monoisotopic (exact) mass is 281 g/mol. The van der Waals surface area contributed by atoms with Crippen LogP contribution >= 0.6 is 0 Å². The number of nitrogens with zero attached hydrogens (tertiary/aromatic N) is 2. The van der Waals surface area contributed by atoms with Crippen LogP contribution in [0.25, 0.3) is 0 Å². The summed E-state index contributed by atoms with van der Waals surface area (Å²) in [7, 11) is 0. The summed E-state index contributed by atoms with van der Waals surface area (Å²) < 4.78 is 0. The van der Waals surface area contributed by atoms with Gasteiger partial charge in [0.05, 0.1) is 0 Å². The highest BCUT2D eigenvalue weighted by atomic mass is 15.3. The van der Waals surface area contributed by atoms with E-state index in [4.69, 9.17) is 5.73 Å². The first-order valence-electron chi connectivity index (χ1n) is 8.64. The normalized spacial score (nSPS) is 34.4. The fourth-order valence-corrected chi connectivity index (χ4v) is 4.11. The molecule has 3 nitrogen and oxygen atoms in total. The predicted molar refractivity (Wildman–Crippen MR) is 86.9 cm³/mol. The summed E-state index contributed by atoms with van der Waals surface area (Å²) in [6.45, 7) is 15.1. The van der Waals surface area contributed by atoms with Crippen LogP contribution in [0.2, 0.25) is 0 Å². The predicted octanol–water partition coefficient (Wildman–Crippen LogP) is 2.56. The first-order chi connectivity index (χ1) is 9.45. The van der Waals surface area contributed by atoms with Crippen LogP contribution in [0.5, 0.6) is 0 Å². The summed E-state index contributed by atoms with van der Waals surface area (Å²) in [6.07, 6.45) is 5.47. The van der Waals surface area contributed by atoms with E-state index in [1.807, 2.05) is 0 Å². The number of hydrogen-bond donors (Lipinski definition) is 1. The van der Waals surface area contributed by atoms with Crippen molar-refractivity contribution >= 4 is 0 Å². The molecule has 3 heteroatoms. The average molecular weight is 281 g/mol. The van der Waals surface area contributed by atoms with Gasteiger partial charge in [0.15, 0.2) is 0 Å². The molecule has 2 N–H and O–H groups in total. The van der Waals surface area contributed by atoms with Gasteiger partial charge in [0, 0.05) is 37.8 Å². The molecule has 0 spiro atoms. The number of rotatable bonds is 3. The smallest absolute Gasteiger partial charge is 0.0139 e. The minimum atomic E-state index is 0.317. The summed E-state index contributed by atoms with van der Waals surface area (Å²) in [6, 6.07) is 0.751. The van der Waals surface area contributed by atoms with Gasteiger partial charge >= 0.3 is 0 Å². The molecule has 0 aromatic heterocycles. The molecule has 0 amide bonds. The van der Waals surface area contributed by atoms with Gasteiger partial charge < -0.3 is 5.73 Å². The van der Waals surface area contributed by atoms with Crippen LogP contribution in [-0.2, 0) is 0 Å². The van der Waals surface area contributed by atoms with E-state index in [-0.39, 0.29) is 0 Å². The Morgan fingerprint density at radius 2 is 1.70 bits per heavy atom. The molecule has 0 radical (unpaired) electrons. The van der Waals surface area contributed by atoms with Crippen molar-refractivity contribution in [1.82, 2.24) is 9.80 Å². The zero-order valence-electron chi connectivity index (χ0n) is 14.1. The maximum Gasteiger partial charge on any atom is 0.0139 e. The fourth-order valence-electron chi connectivity index (χ4n) is 4.11. The van der Waals surface area contributed by atoms with Gasteiger partial charge in [-0.15, -0.1) is 0 Å². The van der Waals surface area contributed by atoms with E-state index < -0.39 is 0 Å². The highest BCUT2D eigenvalue weighted by Gasteiger charge is 2.35. The standard InChI is InChI=1S/C17H35N3/c1-5-14-6-7-15(13-18)16(12-14)19-8-10-20(11-9-19)17(2,3)4/h14-16H,5-13,18H2,1-4H3. The molecule has 1 heterocycles. The van der Waals surface area contributed by atoms with Gasteiger partial charge in [0.1, 0.15) is 0 Å². The fraction of sp³-hybridized carbons (Fsp3) is 1.00. The largest absolute Gasteiger partial charge is 0.330 e. The van der Waals surface area contributed by atoms with E-state index >= 15 is 0 Å². The van der Waals surface area contributed by atoms with E-state index in [1.165, 1.54) is 51.9 Å². The Bertz CT molecular complexity index is 289. The lowest BCUT2D eigenvalue weighted by Crippen LogP contribution is -2.58. The third kappa shape index (κ3) is 3.75. The van der Waals surface area contributed by atoms with Crippen molar-refractivity contribution in [2.75, 3.05) is 32.7 Å². The zero-order valence-corrected chi connectivity index (χ0v) is 14.1. The van der Waals surface area contributed by atoms with E-state index in [0.717, 1.165) is 24.4 Å². The molecular weight excluding hydrogens is 246 g/mol. The second kappa shape index (κ2) is 6.76. The van der Waals surface area contributed by atoms with Crippen LogP contribution in [0.4, 0.5) is 0 Å². The Labute approximate surface area is 125 Å². The second-order valence-corrected chi connectivity index (χ2v) is 7.84. The van der Waals surface area contributed by atoms with Crippen LogP contribution in [-0.4, -0.2) is 54.1 Å². The van der Waals surface area contributed by atoms with Gasteiger partial charge in [0.2, 0.25) is 0 Å². The first-order valence-corrected chi connectivity index (χ1v) is 8.64. The summed E-state index contributed by atoms with van der Waals surface area (Å²) >= 11 is 0. The Balaban J connectivity index is 1.93. The summed E-state index contributed by atoms with van der Waals surface area (Å²) in [4.78, 5) is 5.38. The van der Waals surface area contributed by atoms with Gasteiger partial charge in [-0.05, 0) is 52.0 Å². The molecule has 2 rings (SSSR count). The van der Waals surface area contributed by atoms with Gasteiger partial charge in [-0.25, -0.2) is 0 Å². The van der Waals surface area contributed by atoms with Gasteiger partial charge in [-0.1, -0.05) is 19.8 Å². The minimum absolute atomic E-state index is 0.317. The highest BCUT2D eigenvalue weighted by Crippen LogP contribution is 2.34. The highest BCUT2D eigenvalue weighted by molar-refractivity contribution is 4.91. The lowest BCUT2D eigenvalue weighted by molar-refractivity contribution is 0.00797. The minimum Gasteiger partial charge on any atom is -0.330 e. The van der Waals surface area contributed by atoms with Gasteiger partial charge in [0.25, 0.3) is 0 Å². The van der Waals surface area contributed by atoms with Crippen LogP contribution in [0.15, 0.2) is 0 Å². The topological polar surface area (TPSA) is 32.5 Å². The third-order valence-corrected chi connectivity index (χ3v) is 5.68. The quantitative estimate of drug-likeness (QED) is 0.863. The summed E-state index contributed by atoms with van der Waals surface area (Å²) in [5.74, 6) is 1.67. The number of piperazine rings is 1. The first kappa shape index (κ1) is 16.3. The Morgan fingerprint density at radius 3 is 2.20 bits per heavy atom. The molecule has 0 bridgehead atoms. The summed E-state index contributed by atoms with van der Waals surface area (Å²) in [5, 5.41) is 0. The van der Waals surface area contributed by atoms with Crippen molar-refractivity contribution in [3.63, 3.8) is 0 Å². The lowest BCUT2D eigenvalue weighted by atomic mass is 9.76.